The molecule has 0 atom stereocenters. The molecule has 0 aromatic heterocycles. The molecule has 1 amide bonds. The predicted octanol–water partition coefficient (Wildman–Crippen LogP) is 4.39. The first kappa shape index (κ1) is 25.7. The van der Waals surface area contributed by atoms with Gasteiger partial charge in [0.25, 0.3) is 0 Å². The standard InChI is InChI=1S/C25H36N2O4S/c1-19(2)31-24-11-6-9-22(18-24)10-7-13-26-25(28)12-8-14-27(32(5,29)30)23-16-20(3)15-21(4)17-23/h6,9,11,15-19H,7-8,10,12-14H2,1-5H3,(H,26,28). The van der Waals surface area contributed by atoms with E-state index in [1.54, 1.807) is 0 Å². The number of nitrogens with zero attached hydrogens (tertiary/aromatic N) is 1. The summed E-state index contributed by atoms with van der Waals surface area (Å²) in [5, 5.41) is 2.93. The van der Waals surface area contributed by atoms with Crippen LogP contribution in [0, 0.1) is 13.8 Å². The molecule has 0 unspecified atom stereocenters. The molecule has 7 heteroatoms. The van der Waals surface area contributed by atoms with Gasteiger partial charge >= 0.3 is 0 Å². The van der Waals surface area contributed by atoms with E-state index in [0.29, 0.717) is 18.7 Å². The highest BCUT2D eigenvalue weighted by molar-refractivity contribution is 7.92. The van der Waals surface area contributed by atoms with E-state index in [9.17, 15) is 13.2 Å². The van der Waals surface area contributed by atoms with Crippen molar-refractivity contribution in [2.75, 3.05) is 23.7 Å². The molecule has 0 bridgehead atoms. The van der Waals surface area contributed by atoms with E-state index >= 15 is 0 Å². The first-order valence-corrected chi connectivity index (χ1v) is 13.0. The Kier molecular flexibility index (Phi) is 9.57. The number of rotatable bonds is 12. The number of sulfonamides is 1. The zero-order valence-electron chi connectivity index (χ0n) is 19.8. The van der Waals surface area contributed by atoms with Gasteiger partial charge in [0.15, 0.2) is 0 Å². The highest BCUT2D eigenvalue weighted by atomic mass is 32.2. The molecule has 0 radical (unpaired) electrons. The first-order chi connectivity index (χ1) is 15.0. The Morgan fingerprint density at radius 2 is 1.75 bits per heavy atom. The van der Waals surface area contributed by atoms with Crippen molar-refractivity contribution in [3.05, 3.63) is 59.2 Å². The fourth-order valence-electron chi connectivity index (χ4n) is 3.62. The molecule has 32 heavy (non-hydrogen) atoms. The van der Waals surface area contributed by atoms with Crippen molar-refractivity contribution in [2.45, 2.75) is 59.5 Å². The van der Waals surface area contributed by atoms with E-state index in [1.807, 2.05) is 64.1 Å². The van der Waals surface area contributed by atoms with Crippen LogP contribution in [0.25, 0.3) is 0 Å². The number of carbonyl (C=O) groups is 1. The van der Waals surface area contributed by atoms with Gasteiger partial charge in [-0.25, -0.2) is 8.42 Å². The van der Waals surface area contributed by atoms with E-state index in [2.05, 4.69) is 11.4 Å². The third-order valence-electron chi connectivity index (χ3n) is 4.89. The van der Waals surface area contributed by atoms with Gasteiger partial charge in [0.1, 0.15) is 5.75 Å². The van der Waals surface area contributed by atoms with Crippen molar-refractivity contribution in [3.63, 3.8) is 0 Å². The largest absolute Gasteiger partial charge is 0.491 e. The Morgan fingerprint density at radius 1 is 1.06 bits per heavy atom. The zero-order valence-corrected chi connectivity index (χ0v) is 20.7. The second-order valence-corrected chi connectivity index (χ2v) is 10.5. The lowest BCUT2D eigenvalue weighted by Crippen LogP contribution is -2.32. The summed E-state index contributed by atoms with van der Waals surface area (Å²) in [6, 6.07) is 13.7. The number of nitrogens with one attached hydrogen (secondary N) is 1. The van der Waals surface area contributed by atoms with Crippen LogP contribution in [0.4, 0.5) is 5.69 Å². The molecule has 0 heterocycles. The lowest BCUT2D eigenvalue weighted by molar-refractivity contribution is -0.121. The van der Waals surface area contributed by atoms with Crippen molar-refractivity contribution in [3.8, 4) is 5.75 Å². The molecule has 0 saturated heterocycles. The van der Waals surface area contributed by atoms with Crippen LogP contribution in [0.15, 0.2) is 42.5 Å². The van der Waals surface area contributed by atoms with Crippen molar-refractivity contribution in [1.82, 2.24) is 5.32 Å². The number of benzene rings is 2. The van der Waals surface area contributed by atoms with Crippen LogP contribution in [0.1, 0.15) is 49.8 Å². The number of hydrogen-bond acceptors (Lipinski definition) is 4. The average molecular weight is 461 g/mol. The Balaban J connectivity index is 1.77. The van der Waals surface area contributed by atoms with Gasteiger partial charge in [-0.15, -0.1) is 0 Å². The average Bonchev–Trinajstić information content (AvgIpc) is 2.66. The van der Waals surface area contributed by atoms with E-state index in [-0.39, 0.29) is 25.0 Å². The molecule has 0 aliphatic heterocycles. The smallest absolute Gasteiger partial charge is 0.232 e. The summed E-state index contributed by atoms with van der Waals surface area (Å²) in [5.74, 6) is 0.802. The Hall–Kier alpha value is -2.54. The number of hydrogen-bond donors (Lipinski definition) is 1. The van der Waals surface area contributed by atoms with Crippen LogP contribution in [0.2, 0.25) is 0 Å². The minimum Gasteiger partial charge on any atom is -0.491 e. The summed E-state index contributed by atoms with van der Waals surface area (Å²) in [4.78, 5) is 12.2. The monoisotopic (exact) mass is 460 g/mol. The van der Waals surface area contributed by atoms with Crippen molar-refractivity contribution >= 4 is 21.6 Å². The molecule has 0 fully saturated rings. The lowest BCUT2D eigenvalue weighted by atomic mass is 10.1. The quantitative estimate of drug-likeness (QED) is 0.477. The molecule has 0 saturated carbocycles. The summed E-state index contributed by atoms with van der Waals surface area (Å²) >= 11 is 0. The van der Waals surface area contributed by atoms with Crippen molar-refractivity contribution in [2.24, 2.45) is 0 Å². The van der Waals surface area contributed by atoms with Crippen molar-refractivity contribution in [1.29, 1.82) is 0 Å². The van der Waals surface area contributed by atoms with E-state index in [0.717, 1.165) is 29.7 Å². The van der Waals surface area contributed by atoms with Crippen LogP contribution in [-0.2, 0) is 21.2 Å². The number of ether oxygens (including phenoxy) is 1. The van der Waals surface area contributed by atoms with E-state index in [1.165, 1.54) is 16.1 Å². The van der Waals surface area contributed by atoms with Gasteiger partial charge < -0.3 is 10.1 Å². The number of anilines is 1. The normalized spacial score (nSPS) is 11.4. The summed E-state index contributed by atoms with van der Waals surface area (Å²) in [6.07, 6.45) is 3.76. The Bertz CT molecular complexity index is 983. The number of carbonyl (C=O) groups excluding carboxylic acids is 1. The van der Waals surface area contributed by atoms with E-state index in [4.69, 9.17) is 4.74 Å². The van der Waals surface area contributed by atoms with Gasteiger partial charge in [-0.3, -0.25) is 9.10 Å². The van der Waals surface area contributed by atoms with Crippen LogP contribution in [0.5, 0.6) is 5.75 Å². The summed E-state index contributed by atoms with van der Waals surface area (Å²) < 4.78 is 31.6. The fourth-order valence-corrected chi connectivity index (χ4v) is 4.57. The molecule has 6 nitrogen and oxygen atoms in total. The first-order valence-electron chi connectivity index (χ1n) is 11.1. The van der Waals surface area contributed by atoms with Gasteiger partial charge in [0, 0.05) is 19.5 Å². The highest BCUT2D eigenvalue weighted by Crippen LogP contribution is 2.22. The third-order valence-corrected chi connectivity index (χ3v) is 6.09. The maximum atomic E-state index is 12.3. The Labute approximate surface area is 193 Å². The van der Waals surface area contributed by atoms with Crippen LogP contribution in [0.3, 0.4) is 0 Å². The number of amides is 1. The van der Waals surface area contributed by atoms with E-state index < -0.39 is 10.0 Å². The summed E-state index contributed by atoms with van der Waals surface area (Å²) in [5.41, 5.74) is 3.84. The molecular weight excluding hydrogens is 424 g/mol. The SMILES string of the molecule is Cc1cc(C)cc(N(CCCC(=O)NCCCc2cccc(OC(C)C)c2)S(C)(=O)=O)c1. The third kappa shape index (κ3) is 8.91. The van der Waals surface area contributed by atoms with Gasteiger partial charge in [-0.05, 0) is 87.9 Å². The minimum absolute atomic E-state index is 0.0595. The summed E-state index contributed by atoms with van der Waals surface area (Å²) in [6.45, 7) is 8.74. The molecule has 176 valence electrons. The van der Waals surface area contributed by atoms with Gasteiger partial charge in [-0.2, -0.15) is 0 Å². The molecule has 2 rings (SSSR count). The summed E-state index contributed by atoms with van der Waals surface area (Å²) in [7, 11) is -3.42. The molecule has 1 N–H and O–H groups in total. The number of aryl methyl sites for hydroxylation is 3. The lowest BCUT2D eigenvalue weighted by Gasteiger charge is -2.23. The van der Waals surface area contributed by atoms with Crippen LogP contribution >= 0.6 is 0 Å². The highest BCUT2D eigenvalue weighted by Gasteiger charge is 2.18. The molecule has 0 aliphatic carbocycles. The topological polar surface area (TPSA) is 75.7 Å². The minimum atomic E-state index is -3.42. The van der Waals surface area contributed by atoms with Crippen LogP contribution in [-0.4, -0.2) is 39.8 Å². The second kappa shape index (κ2) is 11.9. The van der Waals surface area contributed by atoms with Crippen LogP contribution < -0.4 is 14.4 Å². The van der Waals surface area contributed by atoms with Gasteiger partial charge in [0.2, 0.25) is 15.9 Å². The van der Waals surface area contributed by atoms with Gasteiger partial charge in [0.05, 0.1) is 18.0 Å². The Morgan fingerprint density at radius 3 is 2.38 bits per heavy atom. The molecule has 0 aliphatic rings. The predicted molar refractivity (Wildman–Crippen MR) is 131 cm³/mol. The molecule has 2 aromatic carbocycles. The zero-order chi connectivity index (χ0) is 23.7. The molecule has 0 spiro atoms. The maximum Gasteiger partial charge on any atom is 0.232 e. The fraction of sp³-hybridized carbons (Fsp3) is 0.480. The molecular formula is C25H36N2O4S. The van der Waals surface area contributed by atoms with Crippen molar-refractivity contribution < 1.29 is 17.9 Å². The maximum absolute atomic E-state index is 12.3. The second-order valence-electron chi connectivity index (χ2n) is 8.55. The van der Waals surface area contributed by atoms with Gasteiger partial charge in [-0.1, -0.05) is 18.2 Å². The molecule has 2 aromatic rings.